The zero-order chi connectivity index (χ0) is 15.8. The summed E-state index contributed by atoms with van der Waals surface area (Å²) >= 11 is 0. The summed E-state index contributed by atoms with van der Waals surface area (Å²) in [5.41, 5.74) is -0.279. The molecule has 21 heavy (non-hydrogen) atoms. The SMILES string of the molecule is CC1OCCC1N(C)S(=O)(=O)c1cc(C(=O)O)ccc1F. The van der Waals surface area contributed by atoms with Crippen molar-refractivity contribution in [2.24, 2.45) is 0 Å². The van der Waals surface area contributed by atoms with Gasteiger partial charge in [-0.3, -0.25) is 0 Å². The summed E-state index contributed by atoms with van der Waals surface area (Å²) in [6.45, 7) is 2.18. The Hall–Kier alpha value is -1.51. The molecule has 1 saturated heterocycles. The summed E-state index contributed by atoms with van der Waals surface area (Å²) in [5.74, 6) is -2.29. The number of hydrogen-bond acceptors (Lipinski definition) is 4. The molecular weight excluding hydrogens is 301 g/mol. The van der Waals surface area contributed by atoms with Crippen molar-refractivity contribution in [2.45, 2.75) is 30.4 Å². The standard InChI is InChI=1S/C13H16FNO5S/c1-8-11(5-6-20-8)15(2)21(18,19)12-7-9(13(16)17)3-4-10(12)14/h3-4,7-8,11H,5-6H2,1-2H3,(H,16,17). The molecule has 0 spiro atoms. The van der Waals surface area contributed by atoms with E-state index in [1.807, 2.05) is 0 Å². The number of benzene rings is 1. The van der Waals surface area contributed by atoms with Crippen molar-refractivity contribution in [3.05, 3.63) is 29.6 Å². The molecule has 0 radical (unpaired) electrons. The van der Waals surface area contributed by atoms with Gasteiger partial charge in [-0.1, -0.05) is 0 Å². The fourth-order valence-corrected chi connectivity index (χ4v) is 3.90. The first-order chi connectivity index (χ1) is 9.75. The van der Waals surface area contributed by atoms with E-state index in [1.54, 1.807) is 6.92 Å². The maximum absolute atomic E-state index is 13.8. The summed E-state index contributed by atoms with van der Waals surface area (Å²) in [5, 5.41) is 8.91. The maximum Gasteiger partial charge on any atom is 0.335 e. The first kappa shape index (κ1) is 15.9. The van der Waals surface area contributed by atoms with Gasteiger partial charge < -0.3 is 9.84 Å². The Bertz CT molecular complexity index is 661. The number of sulfonamides is 1. The number of carboxylic acid groups (broad SMARTS) is 1. The van der Waals surface area contributed by atoms with Gasteiger partial charge in [0, 0.05) is 13.7 Å². The third-order valence-corrected chi connectivity index (χ3v) is 5.54. The number of hydrogen-bond donors (Lipinski definition) is 1. The Morgan fingerprint density at radius 1 is 1.48 bits per heavy atom. The van der Waals surface area contributed by atoms with Crippen molar-refractivity contribution in [3.63, 3.8) is 0 Å². The molecule has 0 aliphatic carbocycles. The molecule has 1 fully saturated rings. The van der Waals surface area contributed by atoms with Crippen molar-refractivity contribution in [1.29, 1.82) is 0 Å². The molecule has 1 N–H and O–H groups in total. The summed E-state index contributed by atoms with van der Waals surface area (Å²) in [4.78, 5) is 10.3. The van der Waals surface area contributed by atoms with Gasteiger partial charge in [-0.25, -0.2) is 17.6 Å². The smallest absolute Gasteiger partial charge is 0.335 e. The first-order valence-corrected chi connectivity index (χ1v) is 7.81. The van der Waals surface area contributed by atoms with Gasteiger partial charge >= 0.3 is 5.97 Å². The van der Waals surface area contributed by atoms with Crippen LogP contribution in [0.2, 0.25) is 0 Å². The van der Waals surface area contributed by atoms with E-state index in [2.05, 4.69) is 0 Å². The van der Waals surface area contributed by atoms with Crippen molar-refractivity contribution < 1.29 is 27.4 Å². The molecule has 2 rings (SSSR count). The Labute approximate surface area is 122 Å². The number of ether oxygens (including phenoxy) is 1. The highest BCUT2D eigenvalue weighted by atomic mass is 32.2. The van der Waals surface area contributed by atoms with Crippen LogP contribution in [0.4, 0.5) is 4.39 Å². The van der Waals surface area contributed by atoms with Gasteiger partial charge in [-0.05, 0) is 31.5 Å². The van der Waals surface area contributed by atoms with Crippen molar-refractivity contribution in [2.75, 3.05) is 13.7 Å². The molecule has 1 aliphatic rings. The number of nitrogens with zero attached hydrogens (tertiary/aromatic N) is 1. The van der Waals surface area contributed by atoms with Crippen LogP contribution in [0.15, 0.2) is 23.1 Å². The molecule has 1 aromatic rings. The van der Waals surface area contributed by atoms with Gasteiger partial charge in [0.05, 0.1) is 17.7 Å². The van der Waals surface area contributed by atoms with Gasteiger partial charge in [-0.15, -0.1) is 0 Å². The van der Waals surface area contributed by atoms with Crippen LogP contribution in [0.25, 0.3) is 0 Å². The highest BCUT2D eigenvalue weighted by molar-refractivity contribution is 7.89. The number of carboxylic acids is 1. The molecular formula is C13H16FNO5S. The zero-order valence-corrected chi connectivity index (χ0v) is 12.4. The molecule has 8 heteroatoms. The minimum absolute atomic E-state index is 0.279. The van der Waals surface area contributed by atoms with Crippen molar-refractivity contribution >= 4 is 16.0 Å². The predicted molar refractivity (Wildman–Crippen MR) is 72.1 cm³/mol. The molecule has 2 atom stereocenters. The second-order valence-corrected chi connectivity index (χ2v) is 6.87. The maximum atomic E-state index is 13.8. The van der Waals surface area contributed by atoms with Crippen LogP contribution in [0.5, 0.6) is 0 Å². The summed E-state index contributed by atoms with van der Waals surface area (Å²) in [6, 6.07) is 2.31. The van der Waals surface area contributed by atoms with E-state index >= 15 is 0 Å². The third-order valence-electron chi connectivity index (χ3n) is 3.64. The lowest BCUT2D eigenvalue weighted by Gasteiger charge is -2.26. The van der Waals surface area contributed by atoms with E-state index in [1.165, 1.54) is 7.05 Å². The van der Waals surface area contributed by atoms with Crippen LogP contribution in [0, 0.1) is 5.82 Å². The number of aromatic carboxylic acids is 1. The minimum Gasteiger partial charge on any atom is -0.478 e. The Morgan fingerprint density at radius 3 is 2.67 bits per heavy atom. The molecule has 0 amide bonds. The molecule has 1 heterocycles. The fourth-order valence-electron chi connectivity index (χ4n) is 2.37. The van der Waals surface area contributed by atoms with E-state index in [0.29, 0.717) is 13.0 Å². The molecule has 1 aromatic carbocycles. The molecule has 116 valence electrons. The molecule has 0 aromatic heterocycles. The topological polar surface area (TPSA) is 83.9 Å². The molecule has 0 saturated carbocycles. The van der Waals surface area contributed by atoms with Gasteiger partial charge in [0.2, 0.25) is 10.0 Å². The van der Waals surface area contributed by atoms with E-state index in [4.69, 9.17) is 9.84 Å². The van der Waals surface area contributed by atoms with Crippen LogP contribution >= 0.6 is 0 Å². The number of halogens is 1. The molecule has 1 aliphatic heterocycles. The second kappa shape index (κ2) is 5.70. The van der Waals surface area contributed by atoms with Crippen LogP contribution in [0.1, 0.15) is 23.7 Å². The lowest BCUT2D eigenvalue weighted by molar-refractivity contribution is 0.0696. The molecule has 2 unspecified atom stereocenters. The van der Waals surface area contributed by atoms with Crippen LogP contribution in [0.3, 0.4) is 0 Å². The van der Waals surface area contributed by atoms with E-state index < -0.39 is 32.7 Å². The highest BCUT2D eigenvalue weighted by Crippen LogP contribution is 2.26. The van der Waals surface area contributed by atoms with Crippen molar-refractivity contribution in [1.82, 2.24) is 4.31 Å². The van der Waals surface area contributed by atoms with Crippen molar-refractivity contribution in [3.8, 4) is 0 Å². The van der Waals surface area contributed by atoms with Crippen LogP contribution in [-0.2, 0) is 14.8 Å². The Morgan fingerprint density at radius 2 is 2.14 bits per heavy atom. The normalized spacial score (nSPS) is 22.7. The van der Waals surface area contributed by atoms with Gasteiger partial charge in [0.15, 0.2) is 0 Å². The Balaban J connectivity index is 2.43. The average Bonchev–Trinajstić information content (AvgIpc) is 2.83. The monoisotopic (exact) mass is 317 g/mol. The van der Waals surface area contributed by atoms with Gasteiger partial charge in [-0.2, -0.15) is 4.31 Å². The summed E-state index contributed by atoms with van der Waals surface area (Å²) in [6.07, 6.45) is 0.215. The highest BCUT2D eigenvalue weighted by Gasteiger charge is 2.36. The van der Waals surface area contributed by atoms with Gasteiger partial charge in [0.1, 0.15) is 10.7 Å². The fraction of sp³-hybridized carbons (Fsp3) is 0.462. The quantitative estimate of drug-likeness (QED) is 0.905. The van der Waals surface area contributed by atoms with E-state index in [0.717, 1.165) is 22.5 Å². The van der Waals surface area contributed by atoms with Crippen LogP contribution in [-0.4, -0.2) is 49.6 Å². The lowest BCUT2D eigenvalue weighted by atomic mass is 10.2. The predicted octanol–water partition coefficient (Wildman–Crippen LogP) is 1.32. The average molecular weight is 317 g/mol. The summed E-state index contributed by atoms with van der Waals surface area (Å²) in [7, 11) is -2.78. The van der Waals surface area contributed by atoms with Gasteiger partial charge in [0.25, 0.3) is 0 Å². The number of rotatable bonds is 4. The Kier molecular flexibility index (Phi) is 4.31. The third kappa shape index (κ3) is 2.92. The zero-order valence-electron chi connectivity index (χ0n) is 11.6. The van der Waals surface area contributed by atoms with E-state index in [-0.39, 0.29) is 11.7 Å². The lowest BCUT2D eigenvalue weighted by Crippen LogP contribution is -2.41. The first-order valence-electron chi connectivity index (χ1n) is 6.37. The second-order valence-electron chi connectivity index (χ2n) is 4.90. The van der Waals surface area contributed by atoms with Crippen LogP contribution < -0.4 is 0 Å². The number of carbonyl (C=O) groups is 1. The summed E-state index contributed by atoms with van der Waals surface area (Å²) < 4.78 is 45.2. The molecule has 0 bridgehead atoms. The minimum atomic E-state index is -4.13. The largest absolute Gasteiger partial charge is 0.478 e. The van der Waals surface area contributed by atoms with E-state index in [9.17, 15) is 17.6 Å². The molecule has 6 nitrogen and oxygen atoms in total. The number of likely N-dealkylation sites (N-methyl/N-ethyl adjacent to an activating group) is 1.